The molecule has 9 heteroatoms. The van der Waals surface area contributed by atoms with Gasteiger partial charge in [0.25, 0.3) is 0 Å². The SMILES string of the molecule is C.C[C-]=Nn1[c-]c(N)c(C)n1.C[C-]=Nn1[c-]cc(C)n1.[Y].[Y]. The molecular weight excluding hydrogens is 432 g/mol. The molecule has 2 radical (unpaired) electrons. The van der Waals surface area contributed by atoms with E-state index in [0.29, 0.717) is 5.69 Å². The monoisotopic (exact) mass is 451 g/mol. The average molecular weight is 451 g/mol. The van der Waals surface area contributed by atoms with Crippen LogP contribution in [0.3, 0.4) is 0 Å². The molecule has 0 aliphatic rings. The van der Waals surface area contributed by atoms with Crippen molar-refractivity contribution in [2.75, 3.05) is 5.73 Å². The fraction of sp³-hybridized carbons (Fsp3) is 0.385. The number of rotatable bonds is 2. The van der Waals surface area contributed by atoms with Crippen molar-refractivity contribution < 1.29 is 65.4 Å². The first-order valence-electron chi connectivity index (χ1n) is 5.51. The van der Waals surface area contributed by atoms with Gasteiger partial charge in [0, 0.05) is 65.4 Å². The summed E-state index contributed by atoms with van der Waals surface area (Å²) in [4.78, 5) is 2.62. The van der Waals surface area contributed by atoms with Gasteiger partial charge in [0.05, 0.1) is 0 Å². The minimum atomic E-state index is 0. The number of aryl methyl sites for hydroxylation is 2. The normalized spacial score (nSPS) is 9.45. The molecule has 2 heterocycles. The molecule has 116 valence electrons. The van der Waals surface area contributed by atoms with Crippen LogP contribution < -0.4 is 5.73 Å². The third-order valence-corrected chi connectivity index (χ3v) is 1.89. The zero-order chi connectivity index (χ0) is 14.3. The van der Waals surface area contributed by atoms with Crippen molar-refractivity contribution in [1.82, 2.24) is 19.8 Å². The molecular formula is C13H19N7Y2-4. The third-order valence-electron chi connectivity index (χ3n) is 1.89. The maximum atomic E-state index is 5.44. The summed E-state index contributed by atoms with van der Waals surface area (Å²) >= 11 is 0. The van der Waals surface area contributed by atoms with Crippen LogP contribution in [0.4, 0.5) is 5.69 Å². The smallest absolute Gasteiger partial charge is 0 e. The first-order chi connectivity index (χ1) is 9.06. The third kappa shape index (κ3) is 9.72. The van der Waals surface area contributed by atoms with Crippen LogP contribution in [-0.4, -0.2) is 32.2 Å². The van der Waals surface area contributed by atoms with Crippen molar-refractivity contribution in [3.63, 3.8) is 0 Å². The van der Waals surface area contributed by atoms with Crippen LogP contribution >= 0.6 is 0 Å². The van der Waals surface area contributed by atoms with Gasteiger partial charge in [-0.15, -0.1) is 6.20 Å². The van der Waals surface area contributed by atoms with Gasteiger partial charge in [0.1, 0.15) is 0 Å². The topological polar surface area (TPSA) is 86.4 Å². The fourth-order valence-electron chi connectivity index (χ4n) is 1.06. The van der Waals surface area contributed by atoms with Crippen LogP contribution in [0.2, 0.25) is 0 Å². The Morgan fingerprint density at radius 2 is 1.64 bits per heavy atom. The van der Waals surface area contributed by atoms with Crippen LogP contribution in [-0.2, 0) is 65.4 Å². The van der Waals surface area contributed by atoms with E-state index in [4.69, 9.17) is 5.73 Å². The minimum absolute atomic E-state index is 0. The molecule has 0 atom stereocenters. The Labute approximate surface area is 182 Å². The second-order valence-corrected chi connectivity index (χ2v) is 3.45. The maximum Gasteiger partial charge on any atom is 0 e. The van der Waals surface area contributed by atoms with Gasteiger partial charge in [-0.05, 0) is 0 Å². The van der Waals surface area contributed by atoms with E-state index < -0.39 is 0 Å². The Kier molecular flexibility index (Phi) is 17.4. The molecule has 2 rings (SSSR count). The zero-order valence-corrected chi connectivity index (χ0v) is 18.2. The molecule has 0 aliphatic carbocycles. The molecule has 0 saturated carbocycles. The quantitative estimate of drug-likeness (QED) is 0.557. The second kappa shape index (κ2) is 14.4. The molecule has 0 aliphatic heterocycles. The van der Waals surface area contributed by atoms with Crippen LogP contribution in [0, 0.1) is 26.2 Å². The number of hydrogen-bond acceptors (Lipinski definition) is 5. The van der Waals surface area contributed by atoms with E-state index in [-0.39, 0.29) is 72.8 Å². The Hall–Kier alpha value is -0.232. The van der Waals surface area contributed by atoms with Crippen molar-refractivity contribution in [1.29, 1.82) is 0 Å². The average Bonchev–Trinajstić information content (AvgIpc) is 2.89. The fourth-order valence-corrected chi connectivity index (χ4v) is 1.06. The summed E-state index contributed by atoms with van der Waals surface area (Å²) in [6.45, 7) is 7.08. The molecule has 2 aromatic rings. The predicted molar refractivity (Wildman–Crippen MR) is 79.8 cm³/mol. The van der Waals surface area contributed by atoms with E-state index in [0.717, 1.165) is 11.4 Å². The predicted octanol–water partition coefficient (Wildman–Crippen LogP) is 1.66. The standard InChI is InChI=1S/C6H8N4.C6H7N3.CH4.2Y/c1-3-8-10-4-6(7)5(2)9-10;1-3-7-9-5-4-6(2)8-9;;;/h7H2,1-2H3;4H,1-2H3;1H4;;/q2*-2;;;. The Bertz CT molecular complexity index is 553. The number of nitrogens with two attached hydrogens (primary N) is 1. The molecule has 2 N–H and O–H groups in total. The van der Waals surface area contributed by atoms with E-state index >= 15 is 0 Å². The van der Waals surface area contributed by atoms with Gasteiger partial charge >= 0.3 is 0 Å². The number of nitrogen functional groups attached to an aromatic ring is 1. The second-order valence-electron chi connectivity index (χ2n) is 3.45. The first-order valence-corrected chi connectivity index (χ1v) is 5.51. The number of hydrogen-bond donors (Lipinski definition) is 1. The van der Waals surface area contributed by atoms with Gasteiger partial charge in [-0.1, -0.05) is 44.5 Å². The summed E-state index contributed by atoms with van der Waals surface area (Å²) in [6, 6.07) is 1.76. The van der Waals surface area contributed by atoms with E-state index in [2.05, 4.69) is 45.2 Å². The van der Waals surface area contributed by atoms with Crippen LogP contribution in [0.15, 0.2) is 16.3 Å². The summed E-state index contributed by atoms with van der Waals surface area (Å²) in [5.74, 6) is 0. The van der Waals surface area contributed by atoms with E-state index in [1.807, 2.05) is 6.92 Å². The molecule has 0 fully saturated rings. The molecule has 2 aromatic heterocycles. The number of aromatic nitrogens is 4. The summed E-state index contributed by atoms with van der Waals surface area (Å²) in [6.07, 6.45) is 10.6. The summed E-state index contributed by atoms with van der Waals surface area (Å²) in [5, 5.41) is 15.3. The molecule has 0 bridgehead atoms. The van der Waals surface area contributed by atoms with Gasteiger partial charge in [-0.2, -0.15) is 19.9 Å². The summed E-state index contributed by atoms with van der Waals surface area (Å²) in [5.41, 5.74) is 7.62. The van der Waals surface area contributed by atoms with Crippen LogP contribution in [0.1, 0.15) is 32.7 Å². The van der Waals surface area contributed by atoms with Gasteiger partial charge in [0.15, 0.2) is 0 Å². The molecule has 0 saturated heterocycles. The van der Waals surface area contributed by atoms with Gasteiger partial charge in [-0.25, -0.2) is 0 Å². The van der Waals surface area contributed by atoms with Gasteiger partial charge < -0.3 is 37.9 Å². The molecule has 7 nitrogen and oxygen atoms in total. The molecule has 22 heavy (non-hydrogen) atoms. The Morgan fingerprint density at radius 3 is 2.00 bits per heavy atom. The largest absolute Gasteiger partial charge is 0.428 e. The minimum Gasteiger partial charge on any atom is -0.428 e. The van der Waals surface area contributed by atoms with Crippen molar-refractivity contribution in [2.24, 2.45) is 10.2 Å². The Morgan fingerprint density at radius 1 is 1.09 bits per heavy atom. The Balaban J connectivity index is -0.000000290. The number of anilines is 1. The van der Waals surface area contributed by atoms with Crippen molar-refractivity contribution in [2.45, 2.75) is 35.1 Å². The van der Waals surface area contributed by atoms with Gasteiger partial charge in [0.2, 0.25) is 0 Å². The van der Waals surface area contributed by atoms with E-state index in [1.165, 1.54) is 9.58 Å². The summed E-state index contributed by atoms with van der Waals surface area (Å²) < 4.78 is 0. The molecule has 0 spiro atoms. The number of nitrogens with zero attached hydrogens (tertiary/aromatic N) is 6. The zero-order valence-electron chi connectivity index (χ0n) is 12.5. The molecule has 0 aromatic carbocycles. The van der Waals surface area contributed by atoms with Crippen LogP contribution in [0.25, 0.3) is 0 Å². The first kappa shape index (κ1) is 26.7. The van der Waals surface area contributed by atoms with E-state index in [1.54, 1.807) is 26.8 Å². The van der Waals surface area contributed by atoms with Crippen molar-refractivity contribution >= 4 is 18.1 Å². The van der Waals surface area contributed by atoms with E-state index in [9.17, 15) is 0 Å². The van der Waals surface area contributed by atoms with Crippen molar-refractivity contribution in [3.8, 4) is 0 Å². The van der Waals surface area contributed by atoms with Crippen molar-refractivity contribution in [3.05, 3.63) is 29.8 Å². The molecule has 0 unspecified atom stereocenters. The van der Waals surface area contributed by atoms with Gasteiger partial charge in [-0.3, -0.25) is 10.2 Å². The maximum absolute atomic E-state index is 5.44. The molecule has 0 amide bonds. The van der Waals surface area contributed by atoms with Crippen LogP contribution in [0.5, 0.6) is 0 Å². The summed E-state index contributed by atoms with van der Waals surface area (Å²) in [7, 11) is 0.